The summed E-state index contributed by atoms with van der Waals surface area (Å²) in [5.74, 6) is 3.26. The van der Waals surface area contributed by atoms with Crippen LogP contribution in [0.3, 0.4) is 0 Å². The fraction of sp³-hybridized carbons (Fsp3) is 0.222. The molecule has 4 aromatic rings. The maximum atomic E-state index is 13.0. The molecule has 6 rings (SSSR count). The van der Waals surface area contributed by atoms with Gasteiger partial charge in [0.1, 0.15) is 6.61 Å². The van der Waals surface area contributed by atoms with Crippen LogP contribution < -0.4 is 24.3 Å². The van der Waals surface area contributed by atoms with Crippen LogP contribution in [0.2, 0.25) is 0 Å². The number of thioether (sulfide) groups is 1. The van der Waals surface area contributed by atoms with E-state index in [2.05, 4.69) is 15.5 Å². The smallest absolute Gasteiger partial charge is 0.233 e. The van der Waals surface area contributed by atoms with Crippen molar-refractivity contribution in [2.45, 2.75) is 30.0 Å². The van der Waals surface area contributed by atoms with E-state index < -0.39 is 11.4 Å². The fourth-order valence-corrected chi connectivity index (χ4v) is 5.03. The van der Waals surface area contributed by atoms with Gasteiger partial charge in [0.2, 0.25) is 12.7 Å². The van der Waals surface area contributed by atoms with E-state index in [1.165, 1.54) is 11.8 Å². The van der Waals surface area contributed by atoms with Crippen LogP contribution in [-0.4, -0.2) is 39.3 Å². The Morgan fingerprint density at radius 2 is 1.73 bits per heavy atom. The number of carbonyl (C=O) groups excluding carboxylic acids is 1. The standard InChI is InChI=1S/C27H24N4O5S/c1-17(26(32)28-14-18-11-12-21-23(13-18)35-16-34-21)37-27-30-29-25(31(27)19-7-3-2-4-8-19)24-15-33-20-9-5-6-10-22(20)36-24/h2-13,17,24H,14-16H2,1H3,(H,28,32). The van der Waals surface area contributed by atoms with Crippen molar-refractivity contribution in [3.8, 4) is 28.7 Å². The number of carbonyl (C=O) groups is 1. The number of para-hydroxylation sites is 3. The Morgan fingerprint density at radius 1 is 0.973 bits per heavy atom. The first kappa shape index (κ1) is 23.2. The van der Waals surface area contributed by atoms with Crippen molar-refractivity contribution >= 4 is 17.7 Å². The molecule has 10 heteroatoms. The monoisotopic (exact) mass is 516 g/mol. The van der Waals surface area contributed by atoms with E-state index in [0.29, 0.717) is 47.1 Å². The number of benzene rings is 3. The number of amides is 1. The number of nitrogens with zero attached hydrogens (tertiary/aromatic N) is 3. The third-order valence-corrected chi connectivity index (χ3v) is 7.07. The van der Waals surface area contributed by atoms with Crippen molar-refractivity contribution in [2.24, 2.45) is 0 Å². The molecule has 0 saturated carbocycles. The molecular weight excluding hydrogens is 492 g/mol. The molecule has 37 heavy (non-hydrogen) atoms. The van der Waals surface area contributed by atoms with Gasteiger partial charge in [-0.15, -0.1) is 10.2 Å². The topological polar surface area (TPSA) is 96.7 Å². The largest absolute Gasteiger partial charge is 0.485 e. The summed E-state index contributed by atoms with van der Waals surface area (Å²) in [6, 6.07) is 23.0. The van der Waals surface area contributed by atoms with Gasteiger partial charge in [-0.05, 0) is 48.9 Å². The lowest BCUT2D eigenvalue weighted by molar-refractivity contribution is -0.120. The molecule has 2 atom stereocenters. The van der Waals surface area contributed by atoms with E-state index in [1.54, 1.807) is 0 Å². The van der Waals surface area contributed by atoms with E-state index >= 15 is 0 Å². The zero-order chi connectivity index (χ0) is 25.2. The number of rotatable bonds is 7. The minimum Gasteiger partial charge on any atom is -0.485 e. The summed E-state index contributed by atoms with van der Waals surface area (Å²) < 4.78 is 24.8. The van der Waals surface area contributed by atoms with E-state index in [-0.39, 0.29) is 12.7 Å². The highest BCUT2D eigenvalue weighted by atomic mass is 32.2. The lowest BCUT2D eigenvalue weighted by Crippen LogP contribution is -2.30. The highest BCUT2D eigenvalue weighted by Crippen LogP contribution is 2.37. The first-order valence-corrected chi connectivity index (χ1v) is 12.8. The van der Waals surface area contributed by atoms with Crippen molar-refractivity contribution in [1.82, 2.24) is 20.1 Å². The van der Waals surface area contributed by atoms with Crippen LogP contribution in [0.15, 0.2) is 78.0 Å². The molecule has 1 amide bonds. The van der Waals surface area contributed by atoms with Gasteiger partial charge in [0, 0.05) is 12.2 Å². The molecule has 9 nitrogen and oxygen atoms in total. The summed E-state index contributed by atoms with van der Waals surface area (Å²) in [5, 5.41) is 12.1. The second-order valence-electron chi connectivity index (χ2n) is 8.54. The normalized spacial score (nSPS) is 16.3. The van der Waals surface area contributed by atoms with Gasteiger partial charge >= 0.3 is 0 Å². The van der Waals surface area contributed by atoms with Crippen molar-refractivity contribution in [3.05, 3.63) is 84.2 Å². The molecule has 3 heterocycles. The molecule has 0 fully saturated rings. The van der Waals surface area contributed by atoms with Crippen LogP contribution in [0.4, 0.5) is 0 Å². The van der Waals surface area contributed by atoms with E-state index in [1.807, 2.05) is 84.3 Å². The number of aromatic nitrogens is 3. The summed E-state index contributed by atoms with van der Waals surface area (Å²) in [5.41, 5.74) is 1.81. The zero-order valence-corrected chi connectivity index (χ0v) is 20.8. The number of hydrogen-bond donors (Lipinski definition) is 1. The molecule has 2 unspecified atom stereocenters. The SMILES string of the molecule is CC(Sc1nnc(C2COc3ccccc3O2)n1-c1ccccc1)C(=O)NCc1ccc2c(c1)OCO2. The van der Waals surface area contributed by atoms with Gasteiger partial charge < -0.3 is 24.3 Å². The quantitative estimate of drug-likeness (QED) is 0.363. The van der Waals surface area contributed by atoms with Gasteiger partial charge in [-0.25, -0.2) is 0 Å². The van der Waals surface area contributed by atoms with E-state index in [0.717, 1.165) is 11.3 Å². The highest BCUT2D eigenvalue weighted by molar-refractivity contribution is 8.00. The minimum atomic E-state index is -0.452. The highest BCUT2D eigenvalue weighted by Gasteiger charge is 2.30. The Hall–Kier alpha value is -4.18. The minimum absolute atomic E-state index is 0.113. The van der Waals surface area contributed by atoms with Crippen molar-refractivity contribution < 1.29 is 23.7 Å². The molecule has 1 aromatic heterocycles. The summed E-state index contributed by atoms with van der Waals surface area (Å²) in [7, 11) is 0. The lowest BCUT2D eigenvalue weighted by atomic mass is 10.2. The molecule has 2 aliphatic rings. The molecule has 0 bridgehead atoms. The molecule has 3 aromatic carbocycles. The molecule has 2 aliphatic heterocycles. The number of fused-ring (bicyclic) bond motifs is 2. The summed E-state index contributed by atoms with van der Waals surface area (Å²) >= 11 is 1.34. The van der Waals surface area contributed by atoms with Crippen LogP contribution in [0.5, 0.6) is 23.0 Å². The molecule has 0 aliphatic carbocycles. The Kier molecular flexibility index (Phi) is 6.32. The van der Waals surface area contributed by atoms with Gasteiger partial charge in [0.05, 0.1) is 5.25 Å². The average molecular weight is 517 g/mol. The fourth-order valence-electron chi connectivity index (χ4n) is 4.13. The number of nitrogens with one attached hydrogen (secondary N) is 1. The van der Waals surface area contributed by atoms with Crippen LogP contribution >= 0.6 is 11.8 Å². The maximum Gasteiger partial charge on any atom is 0.233 e. The van der Waals surface area contributed by atoms with Crippen molar-refractivity contribution in [2.75, 3.05) is 13.4 Å². The first-order valence-electron chi connectivity index (χ1n) is 11.9. The van der Waals surface area contributed by atoms with E-state index in [9.17, 15) is 4.79 Å². The molecule has 0 radical (unpaired) electrons. The van der Waals surface area contributed by atoms with Gasteiger partial charge in [-0.3, -0.25) is 9.36 Å². The third kappa shape index (κ3) is 4.79. The molecule has 0 saturated heterocycles. The van der Waals surface area contributed by atoms with Crippen LogP contribution in [0.1, 0.15) is 24.4 Å². The Bertz CT molecular complexity index is 1430. The summed E-state index contributed by atoms with van der Waals surface area (Å²) in [6.45, 7) is 2.75. The van der Waals surface area contributed by atoms with Crippen LogP contribution in [0, 0.1) is 0 Å². The lowest BCUT2D eigenvalue weighted by Gasteiger charge is -2.26. The van der Waals surface area contributed by atoms with E-state index in [4.69, 9.17) is 18.9 Å². The van der Waals surface area contributed by atoms with Crippen LogP contribution in [-0.2, 0) is 11.3 Å². The molecule has 0 spiro atoms. The van der Waals surface area contributed by atoms with Gasteiger partial charge in [0.25, 0.3) is 0 Å². The molecular formula is C27H24N4O5S. The summed E-state index contributed by atoms with van der Waals surface area (Å²) in [6.07, 6.45) is -0.452. The van der Waals surface area contributed by atoms with Gasteiger partial charge in [-0.1, -0.05) is 48.2 Å². The van der Waals surface area contributed by atoms with Crippen molar-refractivity contribution in [3.63, 3.8) is 0 Å². The second kappa shape index (κ2) is 10.1. The van der Waals surface area contributed by atoms with Gasteiger partial charge in [0.15, 0.2) is 40.1 Å². The first-order chi connectivity index (χ1) is 18.2. The van der Waals surface area contributed by atoms with Crippen LogP contribution in [0.25, 0.3) is 5.69 Å². The number of ether oxygens (including phenoxy) is 4. The maximum absolute atomic E-state index is 13.0. The molecule has 1 N–H and O–H groups in total. The predicted octanol–water partition coefficient (Wildman–Crippen LogP) is 4.31. The Labute approximate surface area is 217 Å². The third-order valence-electron chi connectivity index (χ3n) is 6.02. The van der Waals surface area contributed by atoms with Gasteiger partial charge in [-0.2, -0.15) is 0 Å². The Balaban J connectivity index is 1.19. The molecule has 188 valence electrons. The van der Waals surface area contributed by atoms with Crippen molar-refractivity contribution in [1.29, 1.82) is 0 Å². The Morgan fingerprint density at radius 3 is 2.59 bits per heavy atom. The zero-order valence-electron chi connectivity index (χ0n) is 20.0. The second-order valence-corrected chi connectivity index (χ2v) is 9.85. The summed E-state index contributed by atoms with van der Waals surface area (Å²) in [4.78, 5) is 13.0. The number of hydrogen-bond acceptors (Lipinski definition) is 8. The average Bonchev–Trinajstić information content (AvgIpc) is 3.58. The predicted molar refractivity (Wildman–Crippen MR) is 136 cm³/mol.